The molecule has 0 unspecified atom stereocenters. The Morgan fingerprint density at radius 1 is 1.14 bits per heavy atom. The highest BCUT2D eigenvalue weighted by Crippen LogP contribution is 2.70. The van der Waals surface area contributed by atoms with Crippen molar-refractivity contribution in [1.82, 2.24) is 0 Å². The molecule has 3 aliphatic carbocycles. The van der Waals surface area contributed by atoms with Gasteiger partial charge in [-0.3, -0.25) is 0 Å². The van der Waals surface area contributed by atoms with E-state index < -0.39 is 8.32 Å². The van der Waals surface area contributed by atoms with E-state index in [0.29, 0.717) is 35.7 Å². The van der Waals surface area contributed by atoms with E-state index in [-0.39, 0.29) is 28.3 Å². The van der Waals surface area contributed by atoms with Crippen molar-refractivity contribution in [2.24, 2.45) is 35.0 Å². The van der Waals surface area contributed by atoms with Crippen LogP contribution in [0.1, 0.15) is 80.6 Å². The third kappa shape index (κ3) is 3.14. The zero-order valence-corrected chi connectivity index (χ0v) is 21.4. The van der Waals surface area contributed by atoms with Crippen molar-refractivity contribution >= 4 is 8.32 Å². The summed E-state index contributed by atoms with van der Waals surface area (Å²) in [6.07, 6.45) is 6.19. The smallest absolute Gasteiger partial charge is 0.192 e. The van der Waals surface area contributed by atoms with Crippen LogP contribution >= 0.6 is 0 Å². The summed E-state index contributed by atoms with van der Waals surface area (Å²) in [6.45, 7) is 21.2. The van der Waals surface area contributed by atoms with Crippen LogP contribution in [0, 0.1) is 35.0 Å². The summed E-state index contributed by atoms with van der Waals surface area (Å²) in [5.41, 5.74) is 0.107. The first-order chi connectivity index (χ1) is 13.3. The van der Waals surface area contributed by atoms with E-state index in [9.17, 15) is 5.11 Å². The fraction of sp³-hybridized carbons (Fsp3) is 1.00. The van der Waals surface area contributed by atoms with E-state index >= 15 is 0 Å². The zero-order chi connectivity index (χ0) is 21.6. The third-order valence-electron chi connectivity index (χ3n) is 10.3. The van der Waals surface area contributed by atoms with Gasteiger partial charge in [-0.15, -0.1) is 0 Å². The fourth-order valence-corrected chi connectivity index (χ4v) is 8.69. The minimum atomic E-state index is -1.91. The van der Waals surface area contributed by atoms with Crippen molar-refractivity contribution in [2.45, 2.75) is 123 Å². The Hall–Kier alpha value is 0.0969. The summed E-state index contributed by atoms with van der Waals surface area (Å²) in [7, 11) is -1.91. The second-order valence-electron chi connectivity index (χ2n) is 13.2. The predicted molar refractivity (Wildman–Crippen MR) is 121 cm³/mol. The number of aliphatic hydroxyl groups excluding tert-OH is 1. The number of ether oxygens (including phenoxy) is 1. The highest BCUT2D eigenvalue weighted by molar-refractivity contribution is 6.74. The molecule has 1 heterocycles. The maximum Gasteiger partial charge on any atom is 0.192 e. The molecule has 4 heteroatoms. The highest BCUT2D eigenvalue weighted by atomic mass is 28.4. The summed E-state index contributed by atoms with van der Waals surface area (Å²) in [6, 6.07) is 0. The van der Waals surface area contributed by atoms with Crippen molar-refractivity contribution in [1.29, 1.82) is 0 Å². The first kappa shape index (κ1) is 22.3. The van der Waals surface area contributed by atoms with Gasteiger partial charge in [-0.25, -0.2) is 0 Å². The zero-order valence-electron chi connectivity index (χ0n) is 20.4. The van der Waals surface area contributed by atoms with E-state index in [0.717, 1.165) is 12.8 Å². The van der Waals surface area contributed by atoms with Crippen LogP contribution in [0.5, 0.6) is 0 Å². The van der Waals surface area contributed by atoms with Crippen LogP contribution in [-0.2, 0) is 9.16 Å². The van der Waals surface area contributed by atoms with E-state index in [2.05, 4.69) is 61.6 Å². The summed E-state index contributed by atoms with van der Waals surface area (Å²) >= 11 is 0. The van der Waals surface area contributed by atoms with Crippen LogP contribution < -0.4 is 0 Å². The van der Waals surface area contributed by atoms with Gasteiger partial charge in [0, 0.05) is 0 Å². The number of hydrogen-bond acceptors (Lipinski definition) is 3. The van der Waals surface area contributed by atoms with Gasteiger partial charge in [-0.2, -0.15) is 0 Å². The number of hydrogen-bond donors (Lipinski definition) is 1. The van der Waals surface area contributed by atoms with E-state index in [1.807, 2.05) is 0 Å². The standard InChI is InChI=1S/C25H46O3Si/c1-15(2)17-12-13-24(7)18(21(17)26)14-20(28-29(8,9)23(4,5)6)25-19(24)11-10-16(3)22(25)27-25/h15-22,26H,10-14H2,1-9H3/t16-,17-,18+,19+,20+,21+,22-,24-,25-/m0/s1. The van der Waals surface area contributed by atoms with Crippen molar-refractivity contribution in [3.8, 4) is 0 Å². The maximum absolute atomic E-state index is 11.5. The molecular formula is C25H46O3Si. The monoisotopic (exact) mass is 422 g/mol. The van der Waals surface area contributed by atoms with Gasteiger partial charge in [0.1, 0.15) is 5.60 Å². The van der Waals surface area contributed by atoms with Gasteiger partial charge in [0.15, 0.2) is 8.32 Å². The normalized spacial score (nSPS) is 50.0. The molecular weight excluding hydrogens is 376 g/mol. The van der Waals surface area contributed by atoms with Gasteiger partial charge in [0.2, 0.25) is 0 Å². The van der Waals surface area contributed by atoms with Crippen LogP contribution in [0.15, 0.2) is 0 Å². The predicted octanol–water partition coefficient (Wildman–Crippen LogP) is 6.01. The molecule has 4 aliphatic rings. The Morgan fingerprint density at radius 2 is 1.79 bits per heavy atom. The van der Waals surface area contributed by atoms with Crippen LogP contribution in [0.25, 0.3) is 0 Å². The van der Waals surface area contributed by atoms with Crippen molar-refractivity contribution in [3.05, 3.63) is 0 Å². The summed E-state index contributed by atoms with van der Waals surface area (Å²) < 4.78 is 13.8. The molecule has 3 nitrogen and oxygen atoms in total. The average Bonchev–Trinajstić information content (AvgIpc) is 3.33. The van der Waals surface area contributed by atoms with Crippen LogP contribution in [0.4, 0.5) is 0 Å². The lowest BCUT2D eigenvalue weighted by molar-refractivity contribution is -0.172. The second-order valence-corrected chi connectivity index (χ2v) is 17.9. The summed E-state index contributed by atoms with van der Waals surface area (Å²) in [4.78, 5) is 0. The molecule has 29 heavy (non-hydrogen) atoms. The highest BCUT2D eigenvalue weighted by Gasteiger charge is 2.76. The van der Waals surface area contributed by atoms with Crippen LogP contribution in [0.2, 0.25) is 18.1 Å². The molecule has 0 amide bonds. The molecule has 0 bridgehead atoms. The number of aliphatic hydroxyl groups is 1. The molecule has 1 aliphatic heterocycles. The molecule has 0 aromatic rings. The van der Waals surface area contributed by atoms with E-state index in [4.69, 9.17) is 9.16 Å². The molecule has 168 valence electrons. The number of epoxide rings is 1. The van der Waals surface area contributed by atoms with Gasteiger partial charge in [0.25, 0.3) is 0 Å². The molecule has 4 fully saturated rings. The first-order valence-corrected chi connectivity index (χ1v) is 15.2. The quantitative estimate of drug-likeness (QED) is 0.447. The molecule has 0 aromatic heterocycles. The van der Waals surface area contributed by atoms with E-state index in [1.165, 1.54) is 19.3 Å². The maximum atomic E-state index is 11.5. The molecule has 4 rings (SSSR count). The Bertz CT molecular complexity index is 640. The Balaban J connectivity index is 1.71. The lowest BCUT2D eigenvalue weighted by Gasteiger charge is -2.61. The largest absolute Gasteiger partial charge is 0.411 e. The average molecular weight is 423 g/mol. The minimum absolute atomic E-state index is 0.0805. The van der Waals surface area contributed by atoms with Crippen LogP contribution in [-0.4, -0.2) is 37.3 Å². The molecule has 1 saturated heterocycles. The van der Waals surface area contributed by atoms with Gasteiger partial charge in [-0.1, -0.05) is 48.5 Å². The molecule has 3 saturated carbocycles. The Kier molecular flexibility index (Phi) is 5.22. The first-order valence-electron chi connectivity index (χ1n) is 12.3. The molecule has 9 atom stereocenters. The van der Waals surface area contributed by atoms with Crippen molar-refractivity contribution < 1.29 is 14.3 Å². The minimum Gasteiger partial charge on any atom is -0.411 e. The van der Waals surface area contributed by atoms with Crippen molar-refractivity contribution in [3.63, 3.8) is 0 Å². The van der Waals surface area contributed by atoms with Gasteiger partial charge >= 0.3 is 0 Å². The number of fused-ring (bicyclic) bond motifs is 2. The topological polar surface area (TPSA) is 42.0 Å². The molecule has 1 N–H and O–H groups in total. The Labute approximate surface area is 180 Å². The Morgan fingerprint density at radius 3 is 2.38 bits per heavy atom. The second kappa shape index (κ2) is 6.80. The lowest BCUT2D eigenvalue weighted by atomic mass is 9.46. The summed E-state index contributed by atoms with van der Waals surface area (Å²) in [5, 5.41) is 11.7. The van der Waals surface area contributed by atoms with E-state index in [1.54, 1.807) is 0 Å². The third-order valence-corrected chi connectivity index (χ3v) is 14.8. The molecule has 0 radical (unpaired) electrons. The number of rotatable bonds is 3. The SMILES string of the molecule is CC(C)[C@@H]1CC[C@@]2(C)[C@H](C[C@@H](O[Si](C)(C)C(C)(C)C)[C@]34O[C@H]3[C@@H](C)CC[C@H]24)[C@@H]1O. The van der Waals surface area contributed by atoms with Gasteiger partial charge in [0.05, 0.1) is 18.3 Å². The van der Waals surface area contributed by atoms with Crippen molar-refractivity contribution in [2.75, 3.05) is 0 Å². The van der Waals surface area contributed by atoms with Crippen LogP contribution in [0.3, 0.4) is 0 Å². The van der Waals surface area contributed by atoms with Gasteiger partial charge < -0.3 is 14.3 Å². The molecule has 0 aromatic carbocycles. The lowest BCUT2D eigenvalue weighted by Crippen LogP contribution is -2.65. The molecule has 1 spiro atoms. The fourth-order valence-electron chi connectivity index (χ4n) is 7.34. The summed E-state index contributed by atoms with van der Waals surface area (Å²) in [5.74, 6) is 2.48. The van der Waals surface area contributed by atoms with Gasteiger partial charge in [-0.05, 0) is 85.2 Å².